The Morgan fingerprint density at radius 2 is 2.07 bits per heavy atom. The highest BCUT2D eigenvalue weighted by atomic mass is 32.2. The molecule has 6 nitrogen and oxygen atoms in total. The van der Waals surface area contributed by atoms with E-state index in [1.165, 1.54) is 17.5 Å². The lowest BCUT2D eigenvalue weighted by molar-refractivity contribution is 0.0778. The normalized spacial score (nSPS) is 18.1. The van der Waals surface area contributed by atoms with Gasteiger partial charge in [-0.2, -0.15) is 4.31 Å². The molecule has 1 saturated heterocycles. The van der Waals surface area contributed by atoms with Gasteiger partial charge in [-0.1, -0.05) is 18.6 Å². The van der Waals surface area contributed by atoms with Crippen LogP contribution in [0, 0.1) is 0 Å². The summed E-state index contributed by atoms with van der Waals surface area (Å²) in [7, 11) is -2.31. The predicted molar refractivity (Wildman–Crippen MR) is 107 cm³/mol. The van der Waals surface area contributed by atoms with Crippen molar-refractivity contribution in [3.05, 3.63) is 35.9 Å². The molecule has 1 aromatic carbocycles. The maximum Gasteiger partial charge on any atom is 0.254 e. The van der Waals surface area contributed by atoms with E-state index >= 15 is 0 Å². The molecule has 7 heteroatoms. The molecule has 1 atom stereocenters. The van der Waals surface area contributed by atoms with Gasteiger partial charge in [0.25, 0.3) is 5.91 Å². The van der Waals surface area contributed by atoms with Crippen molar-refractivity contribution in [3.63, 3.8) is 0 Å². The van der Waals surface area contributed by atoms with E-state index in [0.29, 0.717) is 25.2 Å². The number of nitrogens with zero attached hydrogens (tertiary/aromatic N) is 2. The second-order valence-corrected chi connectivity index (χ2v) is 8.96. The summed E-state index contributed by atoms with van der Waals surface area (Å²) < 4.78 is 33.4. The number of methoxy groups -OCH3 is 1. The summed E-state index contributed by atoms with van der Waals surface area (Å²) in [6.07, 6.45) is 2.70. The molecule has 1 fully saturated rings. The fourth-order valence-corrected chi connectivity index (χ4v) is 5.28. The van der Waals surface area contributed by atoms with E-state index in [-0.39, 0.29) is 22.6 Å². The minimum atomic E-state index is -3.75. The average molecular weight is 395 g/mol. The van der Waals surface area contributed by atoms with Crippen LogP contribution in [0.4, 0.5) is 0 Å². The molecule has 0 radical (unpaired) electrons. The first-order valence-corrected chi connectivity index (χ1v) is 10.8. The van der Waals surface area contributed by atoms with Crippen LogP contribution in [0.5, 0.6) is 5.75 Å². The van der Waals surface area contributed by atoms with Crippen molar-refractivity contribution in [2.45, 2.75) is 51.0 Å². The average Bonchev–Trinajstić information content (AvgIpc) is 2.65. The van der Waals surface area contributed by atoms with Gasteiger partial charge in [0.15, 0.2) is 0 Å². The van der Waals surface area contributed by atoms with Crippen LogP contribution in [0.25, 0.3) is 0 Å². The highest BCUT2D eigenvalue weighted by molar-refractivity contribution is 7.89. The van der Waals surface area contributed by atoms with Crippen molar-refractivity contribution >= 4 is 15.9 Å². The van der Waals surface area contributed by atoms with Gasteiger partial charge in [0.1, 0.15) is 10.6 Å². The van der Waals surface area contributed by atoms with Gasteiger partial charge in [-0.15, -0.1) is 0 Å². The fraction of sp³-hybridized carbons (Fsp3) is 0.550. The van der Waals surface area contributed by atoms with E-state index in [4.69, 9.17) is 4.74 Å². The largest absolute Gasteiger partial charge is 0.495 e. The van der Waals surface area contributed by atoms with Crippen molar-refractivity contribution in [3.8, 4) is 5.75 Å². The molecule has 0 N–H and O–H groups in total. The summed E-state index contributed by atoms with van der Waals surface area (Å²) in [4.78, 5) is 14.6. The van der Waals surface area contributed by atoms with Gasteiger partial charge >= 0.3 is 0 Å². The van der Waals surface area contributed by atoms with Gasteiger partial charge in [-0.25, -0.2) is 8.42 Å². The minimum Gasteiger partial charge on any atom is -0.495 e. The summed E-state index contributed by atoms with van der Waals surface area (Å²) in [5.74, 6) is 0.0403. The molecule has 1 aliphatic rings. The van der Waals surface area contributed by atoms with Crippen LogP contribution in [-0.4, -0.2) is 56.3 Å². The molecule has 0 saturated carbocycles. The molecule has 0 bridgehead atoms. The Morgan fingerprint density at radius 3 is 2.63 bits per heavy atom. The number of hydrogen-bond donors (Lipinski definition) is 0. The maximum atomic E-state index is 13.3. The molecule has 0 aliphatic carbocycles. The summed E-state index contributed by atoms with van der Waals surface area (Å²) in [6.45, 7) is 11.0. The van der Waals surface area contributed by atoms with Gasteiger partial charge in [0, 0.05) is 31.2 Å². The number of piperidine rings is 1. The smallest absolute Gasteiger partial charge is 0.254 e. The topological polar surface area (TPSA) is 66.9 Å². The second kappa shape index (κ2) is 8.89. The zero-order chi connectivity index (χ0) is 20.2. The first kappa shape index (κ1) is 21.4. The summed E-state index contributed by atoms with van der Waals surface area (Å²) >= 11 is 0. The molecule has 1 heterocycles. The molecule has 2 rings (SSSR count). The van der Waals surface area contributed by atoms with Gasteiger partial charge < -0.3 is 9.64 Å². The first-order chi connectivity index (χ1) is 12.7. The molecule has 1 unspecified atom stereocenters. The predicted octanol–water partition coefficient (Wildman–Crippen LogP) is 3.30. The van der Waals surface area contributed by atoms with Crippen molar-refractivity contribution in [2.24, 2.45) is 0 Å². The summed E-state index contributed by atoms with van der Waals surface area (Å²) in [5, 5.41) is 0. The number of likely N-dealkylation sites (N-methyl/N-ethyl adjacent to an activating group) is 1. The Morgan fingerprint density at radius 1 is 1.37 bits per heavy atom. The second-order valence-electron chi connectivity index (χ2n) is 7.10. The van der Waals surface area contributed by atoms with Crippen molar-refractivity contribution in [2.75, 3.05) is 26.7 Å². The lowest BCUT2D eigenvalue weighted by Gasteiger charge is -2.32. The SMILES string of the molecule is C=C(C)CN(CC)C(=O)c1ccc(OC)c(S(=O)(=O)N2CCCCC2C)c1. The highest BCUT2D eigenvalue weighted by Gasteiger charge is 2.33. The van der Waals surface area contributed by atoms with Crippen molar-refractivity contribution < 1.29 is 17.9 Å². The Labute approximate surface area is 162 Å². The van der Waals surface area contributed by atoms with Crippen LogP contribution in [0.2, 0.25) is 0 Å². The molecule has 1 aliphatic heterocycles. The number of carbonyl (C=O) groups excluding carboxylic acids is 1. The quantitative estimate of drug-likeness (QED) is 0.666. The zero-order valence-electron chi connectivity index (χ0n) is 16.7. The monoisotopic (exact) mass is 394 g/mol. The van der Waals surface area contributed by atoms with Gasteiger partial charge in [-0.3, -0.25) is 4.79 Å². The summed E-state index contributed by atoms with van der Waals surface area (Å²) in [6, 6.07) is 4.55. The number of carbonyl (C=O) groups is 1. The van der Waals surface area contributed by atoms with Gasteiger partial charge in [-0.05, 0) is 51.8 Å². The third-order valence-electron chi connectivity index (χ3n) is 4.87. The molecule has 0 spiro atoms. The van der Waals surface area contributed by atoms with Crippen LogP contribution in [-0.2, 0) is 10.0 Å². The van der Waals surface area contributed by atoms with Crippen molar-refractivity contribution in [1.82, 2.24) is 9.21 Å². The molecule has 0 aromatic heterocycles. The van der Waals surface area contributed by atoms with Gasteiger partial charge in [0.05, 0.1) is 7.11 Å². The van der Waals surface area contributed by atoms with E-state index in [0.717, 1.165) is 24.8 Å². The molecular formula is C20H30N2O4S. The van der Waals surface area contributed by atoms with Crippen LogP contribution in [0.3, 0.4) is 0 Å². The molecule has 27 heavy (non-hydrogen) atoms. The Hall–Kier alpha value is -1.86. The summed E-state index contributed by atoms with van der Waals surface area (Å²) in [5.41, 5.74) is 1.20. The lowest BCUT2D eigenvalue weighted by atomic mass is 10.1. The lowest BCUT2D eigenvalue weighted by Crippen LogP contribution is -2.42. The van der Waals surface area contributed by atoms with E-state index in [9.17, 15) is 13.2 Å². The van der Waals surface area contributed by atoms with E-state index < -0.39 is 10.0 Å². The third kappa shape index (κ3) is 4.71. The molecule has 1 amide bonds. The van der Waals surface area contributed by atoms with Crippen LogP contribution in [0.1, 0.15) is 50.4 Å². The first-order valence-electron chi connectivity index (χ1n) is 9.35. The van der Waals surface area contributed by atoms with E-state index in [2.05, 4.69) is 6.58 Å². The van der Waals surface area contributed by atoms with Crippen LogP contribution < -0.4 is 4.74 Å². The third-order valence-corrected chi connectivity index (χ3v) is 6.90. The van der Waals surface area contributed by atoms with Crippen molar-refractivity contribution in [1.29, 1.82) is 0 Å². The number of benzene rings is 1. The Bertz CT molecular complexity index is 804. The number of sulfonamides is 1. The zero-order valence-corrected chi connectivity index (χ0v) is 17.5. The number of ether oxygens (including phenoxy) is 1. The minimum absolute atomic E-state index is 0.0518. The Balaban J connectivity index is 2.45. The van der Waals surface area contributed by atoms with Crippen LogP contribution in [0.15, 0.2) is 35.2 Å². The molecule has 1 aromatic rings. The maximum absolute atomic E-state index is 13.3. The standard InChI is InChI=1S/C20H30N2O4S/c1-6-21(14-15(2)3)20(23)17-10-11-18(26-5)19(13-17)27(24,25)22-12-8-7-9-16(22)4/h10-11,13,16H,2,6-9,12,14H2,1,3-5H3. The number of rotatable bonds is 7. The molecular weight excluding hydrogens is 364 g/mol. The fourth-order valence-electron chi connectivity index (χ4n) is 3.40. The van der Waals surface area contributed by atoms with E-state index in [1.807, 2.05) is 20.8 Å². The Kier molecular flexibility index (Phi) is 7.06. The number of amides is 1. The van der Waals surface area contributed by atoms with Crippen LogP contribution >= 0.6 is 0 Å². The van der Waals surface area contributed by atoms with E-state index in [1.54, 1.807) is 17.0 Å². The molecule has 150 valence electrons. The van der Waals surface area contributed by atoms with Gasteiger partial charge in [0.2, 0.25) is 10.0 Å². The highest BCUT2D eigenvalue weighted by Crippen LogP contribution is 2.32. The number of hydrogen-bond acceptors (Lipinski definition) is 4.